The maximum absolute atomic E-state index is 11.9. The molecule has 21 heavy (non-hydrogen) atoms. The lowest BCUT2D eigenvalue weighted by molar-refractivity contribution is -0.118. The van der Waals surface area contributed by atoms with Crippen molar-refractivity contribution >= 4 is 27.5 Å². The molecule has 0 aromatic heterocycles. The van der Waals surface area contributed by atoms with Crippen molar-refractivity contribution in [2.45, 2.75) is 6.92 Å². The summed E-state index contributed by atoms with van der Waals surface area (Å²) in [4.78, 5) is 11.9. The second-order valence-corrected chi connectivity index (χ2v) is 5.32. The maximum atomic E-state index is 11.9. The first-order chi connectivity index (χ1) is 10.1. The molecule has 0 saturated heterocycles. The summed E-state index contributed by atoms with van der Waals surface area (Å²) in [5.74, 6) is 0.338. The van der Waals surface area contributed by atoms with Crippen LogP contribution in [0.15, 0.2) is 46.9 Å². The first-order valence-corrected chi connectivity index (χ1v) is 7.07. The number of hydrogen-bond acceptors (Lipinski definition) is 3. The Morgan fingerprint density at radius 2 is 2.10 bits per heavy atom. The Morgan fingerprint density at radius 3 is 2.86 bits per heavy atom. The van der Waals surface area contributed by atoms with Gasteiger partial charge in [0.15, 0.2) is 6.61 Å². The van der Waals surface area contributed by atoms with Crippen LogP contribution in [0.25, 0.3) is 0 Å². The number of nitrogens with zero attached hydrogens (tertiary/aromatic N) is 1. The molecular weight excluding hydrogens is 332 g/mol. The summed E-state index contributed by atoms with van der Waals surface area (Å²) in [6.45, 7) is 1.79. The number of amides is 1. The van der Waals surface area contributed by atoms with Crippen molar-refractivity contribution in [1.82, 2.24) is 0 Å². The zero-order valence-electron chi connectivity index (χ0n) is 11.4. The average molecular weight is 345 g/mol. The van der Waals surface area contributed by atoms with Gasteiger partial charge in [0, 0.05) is 4.47 Å². The normalized spacial score (nSPS) is 9.76. The number of ether oxygens (including phenoxy) is 1. The smallest absolute Gasteiger partial charge is 0.262 e. The second-order valence-electron chi connectivity index (χ2n) is 4.40. The van der Waals surface area contributed by atoms with E-state index in [1.54, 1.807) is 24.3 Å². The van der Waals surface area contributed by atoms with E-state index in [0.29, 0.717) is 17.0 Å². The summed E-state index contributed by atoms with van der Waals surface area (Å²) < 4.78 is 6.39. The number of nitriles is 1. The SMILES string of the molecule is Cc1ccc(Br)cc1OCC(=O)Nc1ccccc1C#N. The fourth-order valence-electron chi connectivity index (χ4n) is 1.75. The molecule has 1 amide bonds. The minimum Gasteiger partial charge on any atom is -0.483 e. The van der Waals surface area contributed by atoms with Gasteiger partial charge >= 0.3 is 0 Å². The number of para-hydroxylation sites is 1. The van der Waals surface area contributed by atoms with Gasteiger partial charge in [0.05, 0.1) is 11.3 Å². The van der Waals surface area contributed by atoms with Crippen molar-refractivity contribution in [2.75, 3.05) is 11.9 Å². The van der Waals surface area contributed by atoms with Gasteiger partial charge in [-0.3, -0.25) is 4.79 Å². The van der Waals surface area contributed by atoms with Crippen LogP contribution in [-0.2, 0) is 4.79 Å². The van der Waals surface area contributed by atoms with Gasteiger partial charge in [-0.05, 0) is 36.8 Å². The van der Waals surface area contributed by atoms with Crippen molar-refractivity contribution in [3.63, 3.8) is 0 Å². The van der Waals surface area contributed by atoms with E-state index in [9.17, 15) is 4.79 Å². The third kappa shape index (κ3) is 4.07. The fraction of sp³-hybridized carbons (Fsp3) is 0.125. The third-order valence-electron chi connectivity index (χ3n) is 2.83. The Hall–Kier alpha value is -2.32. The molecule has 5 heteroatoms. The predicted octanol–water partition coefficient (Wildman–Crippen LogP) is 3.65. The molecule has 1 N–H and O–H groups in total. The highest BCUT2D eigenvalue weighted by atomic mass is 79.9. The molecule has 0 fully saturated rings. The topological polar surface area (TPSA) is 62.1 Å². The summed E-state index contributed by atoms with van der Waals surface area (Å²) in [7, 11) is 0. The molecule has 2 rings (SSSR count). The molecule has 0 atom stereocenters. The van der Waals surface area contributed by atoms with Crippen LogP contribution >= 0.6 is 15.9 Å². The summed E-state index contributed by atoms with van der Waals surface area (Å²) >= 11 is 3.36. The van der Waals surface area contributed by atoms with E-state index in [0.717, 1.165) is 10.0 Å². The van der Waals surface area contributed by atoms with E-state index in [4.69, 9.17) is 10.00 Å². The predicted molar refractivity (Wildman–Crippen MR) is 84.2 cm³/mol. The molecule has 0 unspecified atom stereocenters. The van der Waals surface area contributed by atoms with Gasteiger partial charge in [-0.25, -0.2) is 0 Å². The molecule has 0 radical (unpaired) electrons. The van der Waals surface area contributed by atoms with E-state index in [1.165, 1.54) is 0 Å². The number of anilines is 1. The van der Waals surface area contributed by atoms with E-state index < -0.39 is 0 Å². The average Bonchev–Trinajstić information content (AvgIpc) is 2.49. The monoisotopic (exact) mass is 344 g/mol. The molecule has 2 aromatic carbocycles. The lowest BCUT2D eigenvalue weighted by Crippen LogP contribution is -2.20. The van der Waals surface area contributed by atoms with Gasteiger partial charge in [0.25, 0.3) is 5.91 Å². The van der Waals surface area contributed by atoms with Gasteiger partial charge < -0.3 is 10.1 Å². The Kier molecular flexibility index (Phi) is 4.96. The maximum Gasteiger partial charge on any atom is 0.262 e. The van der Waals surface area contributed by atoms with Gasteiger partial charge in [0.1, 0.15) is 11.8 Å². The van der Waals surface area contributed by atoms with Crippen LogP contribution in [0.5, 0.6) is 5.75 Å². The lowest BCUT2D eigenvalue weighted by Gasteiger charge is -2.10. The zero-order chi connectivity index (χ0) is 15.2. The fourth-order valence-corrected chi connectivity index (χ4v) is 2.09. The number of carbonyl (C=O) groups excluding carboxylic acids is 1. The van der Waals surface area contributed by atoms with Crippen molar-refractivity contribution < 1.29 is 9.53 Å². The second kappa shape index (κ2) is 6.91. The lowest BCUT2D eigenvalue weighted by atomic mass is 10.2. The number of nitrogens with one attached hydrogen (secondary N) is 1. The molecule has 4 nitrogen and oxygen atoms in total. The molecule has 0 saturated carbocycles. The van der Waals surface area contributed by atoms with Crippen LogP contribution in [0.4, 0.5) is 5.69 Å². The molecule has 0 aliphatic rings. The number of benzene rings is 2. The van der Waals surface area contributed by atoms with Crippen LogP contribution in [0.1, 0.15) is 11.1 Å². The molecule has 106 valence electrons. The molecule has 0 bridgehead atoms. The van der Waals surface area contributed by atoms with E-state index in [-0.39, 0.29) is 12.5 Å². The summed E-state index contributed by atoms with van der Waals surface area (Å²) in [6.07, 6.45) is 0. The Morgan fingerprint density at radius 1 is 1.33 bits per heavy atom. The van der Waals surface area contributed by atoms with E-state index in [2.05, 4.69) is 21.2 Å². The third-order valence-corrected chi connectivity index (χ3v) is 3.32. The van der Waals surface area contributed by atoms with Crippen molar-refractivity contribution in [1.29, 1.82) is 5.26 Å². The highest BCUT2D eigenvalue weighted by molar-refractivity contribution is 9.10. The quantitative estimate of drug-likeness (QED) is 0.920. The number of halogens is 1. The van der Waals surface area contributed by atoms with Gasteiger partial charge in [0.2, 0.25) is 0 Å². The van der Waals surface area contributed by atoms with E-state index >= 15 is 0 Å². The minimum atomic E-state index is -0.308. The number of carbonyl (C=O) groups is 1. The van der Waals surface area contributed by atoms with Gasteiger partial charge in [-0.1, -0.05) is 34.1 Å². The van der Waals surface area contributed by atoms with Gasteiger partial charge in [-0.15, -0.1) is 0 Å². The molecule has 2 aromatic rings. The van der Waals surface area contributed by atoms with Gasteiger partial charge in [-0.2, -0.15) is 5.26 Å². The molecule has 0 spiro atoms. The van der Waals surface area contributed by atoms with Crippen LogP contribution in [0.3, 0.4) is 0 Å². The van der Waals surface area contributed by atoms with Crippen molar-refractivity contribution in [2.24, 2.45) is 0 Å². The summed E-state index contributed by atoms with van der Waals surface area (Å²) in [6, 6.07) is 14.5. The minimum absolute atomic E-state index is 0.114. The van der Waals surface area contributed by atoms with Crippen LogP contribution in [0, 0.1) is 18.3 Å². The van der Waals surface area contributed by atoms with Crippen LogP contribution in [0.2, 0.25) is 0 Å². The first kappa shape index (κ1) is 15.1. The first-order valence-electron chi connectivity index (χ1n) is 6.28. The zero-order valence-corrected chi connectivity index (χ0v) is 13.0. The highest BCUT2D eigenvalue weighted by Gasteiger charge is 2.08. The van der Waals surface area contributed by atoms with Crippen molar-refractivity contribution in [3.05, 3.63) is 58.1 Å². The summed E-state index contributed by atoms with van der Waals surface area (Å²) in [5, 5.41) is 11.6. The Balaban J connectivity index is 2.00. The molecule has 0 heterocycles. The molecule has 0 aliphatic heterocycles. The molecular formula is C16H13BrN2O2. The Bertz CT molecular complexity index is 708. The van der Waals surface area contributed by atoms with E-state index in [1.807, 2.05) is 31.2 Å². The van der Waals surface area contributed by atoms with Crippen LogP contribution < -0.4 is 10.1 Å². The van der Waals surface area contributed by atoms with Crippen LogP contribution in [-0.4, -0.2) is 12.5 Å². The summed E-state index contributed by atoms with van der Waals surface area (Å²) in [5.41, 5.74) is 1.85. The Labute approximate surface area is 131 Å². The molecule has 0 aliphatic carbocycles. The number of rotatable bonds is 4. The largest absolute Gasteiger partial charge is 0.483 e. The van der Waals surface area contributed by atoms with Crippen molar-refractivity contribution in [3.8, 4) is 11.8 Å². The number of hydrogen-bond donors (Lipinski definition) is 1. The highest BCUT2D eigenvalue weighted by Crippen LogP contribution is 2.23. The standard InChI is InChI=1S/C16H13BrN2O2/c1-11-6-7-13(17)8-15(11)21-10-16(20)19-14-5-3-2-4-12(14)9-18/h2-8H,10H2,1H3,(H,19,20). The number of aryl methyl sites for hydroxylation is 1.